The van der Waals surface area contributed by atoms with Gasteiger partial charge in [-0.05, 0) is 35.4 Å². The number of benzene rings is 2. The number of rotatable bonds is 2. The van der Waals surface area contributed by atoms with Crippen LogP contribution in [-0.4, -0.2) is 13.1 Å². The van der Waals surface area contributed by atoms with Gasteiger partial charge in [-0.3, -0.25) is 0 Å². The van der Waals surface area contributed by atoms with Gasteiger partial charge in [-0.1, -0.05) is 12.1 Å². The summed E-state index contributed by atoms with van der Waals surface area (Å²) in [7, 11) is 1.06. The van der Waals surface area contributed by atoms with E-state index >= 15 is 0 Å². The molecule has 0 aliphatic heterocycles. The Bertz CT molecular complexity index is 705. The van der Waals surface area contributed by atoms with Gasteiger partial charge in [0.2, 0.25) is 0 Å². The third-order valence-electron chi connectivity index (χ3n) is 2.99. The van der Waals surface area contributed by atoms with E-state index in [1.165, 1.54) is 0 Å². The predicted molar refractivity (Wildman–Crippen MR) is 68.1 cm³/mol. The highest BCUT2D eigenvalue weighted by molar-refractivity contribution is 5.97. The van der Waals surface area contributed by atoms with Crippen LogP contribution in [0, 0.1) is 11.6 Å². The van der Waals surface area contributed by atoms with Gasteiger partial charge in [0.1, 0.15) is 0 Å². The molecule has 116 valence electrons. The lowest BCUT2D eigenvalue weighted by molar-refractivity contribution is -0.137. The molecule has 2 rings (SSSR count). The number of methoxy groups -OCH3 is 1. The smallest absolute Gasteiger partial charge is 0.416 e. The quantitative estimate of drug-likeness (QED) is 0.605. The van der Waals surface area contributed by atoms with E-state index < -0.39 is 29.3 Å². The lowest BCUT2D eigenvalue weighted by Gasteiger charge is -2.11. The van der Waals surface area contributed by atoms with Gasteiger partial charge < -0.3 is 4.74 Å². The molecule has 0 bridgehead atoms. The van der Waals surface area contributed by atoms with E-state index in [0.29, 0.717) is 6.07 Å². The van der Waals surface area contributed by atoms with Crippen molar-refractivity contribution < 1.29 is 31.5 Å². The fraction of sp³-hybridized carbons (Fsp3) is 0.133. The van der Waals surface area contributed by atoms with Crippen molar-refractivity contribution in [3.05, 3.63) is 59.2 Å². The van der Waals surface area contributed by atoms with E-state index in [9.17, 15) is 26.7 Å². The number of carbonyl (C=O) groups is 1. The van der Waals surface area contributed by atoms with Gasteiger partial charge in [-0.2, -0.15) is 13.2 Å². The number of alkyl halides is 3. The van der Waals surface area contributed by atoms with E-state index in [1.54, 1.807) is 0 Å². The molecule has 0 radical (unpaired) electrons. The standard InChI is InChI=1S/C15H9F5O2/c1-22-14(21)11-7-13(17)12(16)6-10(11)8-2-4-9(5-3-8)15(18,19)20/h2-7H,1H3. The molecule has 2 aromatic carbocycles. The molecule has 0 unspecified atom stereocenters. The molecule has 0 aliphatic carbocycles. The Balaban J connectivity index is 2.56. The molecule has 0 saturated heterocycles. The number of carbonyl (C=O) groups excluding carboxylic acids is 1. The highest BCUT2D eigenvalue weighted by atomic mass is 19.4. The largest absolute Gasteiger partial charge is 0.465 e. The zero-order chi connectivity index (χ0) is 16.5. The normalized spacial score (nSPS) is 11.4. The monoisotopic (exact) mass is 316 g/mol. The molecule has 0 heterocycles. The van der Waals surface area contributed by atoms with Crippen molar-refractivity contribution in [1.29, 1.82) is 0 Å². The van der Waals surface area contributed by atoms with Crippen LogP contribution in [0.15, 0.2) is 36.4 Å². The van der Waals surface area contributed by atoms with Crippen molar-refractivity contribution in [3.63, 3.8) is 0 Å². The minimum Gasteiger partial charge on any atom is -0.465 e. The molecule has 0 N–H and O–H groups in total. The molecule has 2 nitrogen and oxygen atoms in total. The molecule has 0 aliphatic rings. The Morgan fingerprint density at radius 3 is 2.05 bits per heavy atom. The third-order valence-corrected chi connectivity index (χ3v) is 2.99. The average molecular weight is 316 g/mol. The van der Waals surface area contributed by atoms with Crippen molar-refractivity contribution in [2.45, 2.75) is 6.18 Å². The highest BCUT2D eigenvalue weighted by Gasteiger charge is 2.30. The van der Waals surface area contributed by atoms with Gasteiger partial charge in [0.25, 0.3) is 0 Å². The number of ether oxygens (including phenoxy) is 1. The van der Waals surface area contributed by atoms with Crippen molar-refractivity contribution in [2.75, 3.05) is 7.11 Å². The zero-order valence-electron chi connectivity index (χ0n) is 11.2. The SMILES string of the molecule is COC(=O)c1cc(F)c(F)cc1-c1ccc(C(F)(F)F)cc1. The lowest BCUT2D eigenvalue weighted by atomic mass is 9.98. The van der Waals surface area contributed by atoms with Crippen LogP contribution in [0.1, 0.15) is 15.9 Å². The molecule has 0 aromatic heterocycles. The molecule has 2 aromatic rings. The summed E-state index contributed by atoms with van der Waals surface area (Å²) in [6.07, 6.45) is -4.52. The van der Waals surface area contributed by atoms with Crippen LogP contribution in [0.3, 0.4) is 0 Å². The summed E-state index contributed by atoms with van der Waals surface area (Å²) in [6, 6.07) is 5.11. The molecule has 0 spiro atoms. The first-order valence-corrected chi connectivity index (χ1v) is 5.99. The second-order valence-corrected chi connectivity index (χ2v) is 4.38. The summed E-state index contributed by atoms with van der Waals surface area (Å²) in [5.74, 6) is -3.40. The summed E-state index contributed by atoms with van der Waals surface area (Å²) in [5.41, 5.74) is -1.09. The van der Waals surface area contributed by atoms with Crippen LogP contribution in [0.25, 0.3) is 11.1 Å². The fourth-order valence-corrected chi connectivity index (χ4v) is 1.90. The van der Waals surface area contributed by atoms with Crippen LogP contribution in [0.2, 0.25) is 0 Å². The summed E-state index contributed by atoms with van der Waals surface area (Å²) in [5, 5.41) is 0. The average Bonchev–Trinajstić information content (AvgIpc) is 2.48. The number of hydrogen-bond acceptors (Lipinski definition) is 2. The molecule has 0 amide bonds. The second kappa shape index (κ2) is 5.75. The highest BCUT2D eigenvalue weighted by Crippen LogP contribution is 2.32. The van der Waals surface area contributed by atoms with E-state index in [0.717, 1.165) is 37.4 Å². The van der Waals surface area contributed by atoms with Crippen molar-refractivity contribution in [2.24, 2.45) is 0 Å². The summed E-state index contributed by atoms with van der Waals surface area (Å²) in [4.78, 5) is 11.6. The van der Waals surface area contributed by atoms with Crippen LogP contribution in [0.4, 0.5) is 22.0 Å². The Morgan fingerprint density at radius 1 is 1.00 bits per heavy atom. The van der Waals surface area contributed by atoms with Crippen LogP contribution >= 0.6 is 0 Å². The van der Waals surface area contributed by atoms with E-state index in [1.807, 2.05) is 0 Å². The maximum Gasteiger partial charge on any atom is 0.416 e. The maximum absolute atomic E-state index is 13.4. The van der Waals surface area contributed by atoms with Gasteiger partial charge in [-0.15, -0.1) is 0 Å². The van der Waals surface area contributed by atoms with Gasteiger partial charge in [0.15, 0.2) is 11.6 Å². The van der Waals surface area contributed by atoms with Crippen LogP contribution in [0.5, 0.6) is 0 Å². The molecular formula is C15H9F5O2. The molecule has 22 heavy (non-hydrogen) atoms. The minimum atomic E-state index is -4.52. The Morgan fingerprint density at radius 2 is 1.55 bits per heavy atom. The Kier molecular flexibility index (Phi) is 4.16. The minimum absolute atomic E-state index is 0.0560. The van der Waals surface area contributed by atoms with E-state index in [2.05, 4.69) is 4.74 Å². The summed E-state index contributed by atoms with van der Waals surface area (Å²) < 4.78 is 68.6. The molecule has 0 saturated carbocycles. The molecule has 7 heteroatoms. The van der Waals surface area contributed by atoms with Crippen LogP contribution in [-0.2, 0) is 10.9 Å². The number of hydrogen-bond donors (Lipinski definition) is 0. The Hall–Kier alpha value is -2.44. The maximum atomic E-state index is 13.4. The van der Waals surface area contributed by atoms with Gasteiger partial charge in [0, 0.05) is 0 Å². The predicted octanol–water partition coefficient (Wildman–Crippen LogP) is 4.44. The number of halogens is 5. The van der Waals surface area contributed by atoms with E-state index in [-0.39, 0.29) is 16.7 Å². The first-order valence-electron chi connectivity index (χ1n) is 5.99. The first kappa shape index (κ1) is 15.9. The molecule has 0 atom stereocenters. The van der Waals surface area contributed by atoms with Crippen LogP contribution < -0.4 is 0 Å². The lowest BCUT2D eigenvalue weighted by Crippen LogP contribution is -2.06. The summed E-state index contributed by atoms with van der Waals surface area (Å²) in [6.45, 7) is 0. The van der Waals surface area contributed by atoms with Crippen molar-refractivity contribution >= 4 is 5.97 Å². The summed E-state index contributed by atoms with van der Waals surface area (Å²) >= 11 is 0. The molecular weight excluding hydrogens is 307 g/mol. The first-order chi connectivity index (χ1) is 10.2. The van der Waals surface area contributed by atoms with Crippen molar-refractivity contribution in [3.8, 4) is 11.1 Å². The van der Waals surface area contributed by atoms with Gasteiger partial charge >= 0.3 is 12.1 Å². The van der Waals surface area contributed by atoms with Gasteiger partial charge in [-0.25, -0.2) is 13.6 Å². The van der Waals surface area contributed by atoms with Gasteiger partial charge in [0.05, 0.1) is 18.2 Å². The zero-order valence-corrected chi connectivity index (χ0v) is 11.2. The Labute approximate surface area is 122 Å². The fourth-order valence-electron chi connectivity index (χ4n) is 1.90. The second-order valence-electron chi connectivity index (χ2n) is 4.38. The molecule has 0 fully saturated rings. The van der Waals surface area contributed by atoms with E-state index in [4.69, 9.17) is 0 Å². The number of esters is 1. The van der Waals surface area contributed by atoms with Crippen molar-refractivity contribution in [1.82, 2.24) is 0 Å². The third kappa shape index (κ3) is 3.08. The topological polar surface area (TPSA) is 26.3 Å².